The van der Waals surface area contributed by atoms with Crippen molar-refractivity contribution in [1.29, 1.82) is 0 Å². The standard InChI is InChI=1S/C45H86O6/c1-6-7-8-9-10-11-15-21-27-32-37-45(48)51-42(39-50-44(47)36-31-26-22-17-19-24-29-34-41(4)5)38-49-43(46)35-30-25-20-16-13-12-14-18-23-28-33-40(2)3/h40-42H,6-39H2,1-5H3/t42-/m0/s1. The molecule has 0 unspecified atom stereocenters. The van der Waals surface area contributed by atoms with E-state index in [9.17, 15) is 14.4 Å². The van der Waals surface area contributed by atoms with Gasteiger partial charge in [-0.05, 0) is 31.1 Å². The number of hydrogen-bond donors (Lipinski definition) is 0. The van der Waals surface area contributed by atoms with Crippen LogP contribution < -0.4 is 0 Å². The van der Waals surface area contributed by atoms with Gasteiger partial charge in [0.15, 0.2) is 6.10 Å². The van der Waals surface area contributed by atoms with Gasteiger partial charge in [0.1, 0.15) is 13.2 Å². The van der Waals surface area contributed by atoms with Crippen LogP contribution in [0.25, 0.3) is 0 Å². The number of carbonyl (C=O) groups excluding carboxylic acids is 3. The highest BCUT2D eigenvalue weighted by molar-refractivity contribution is 5.71. The van der Waals surface area contributed by atoms with E-state index >= 15 is 0 Å². The summed E-state index contributed by atoms with van der Waals surface area (Å²) < 4.78 is 16.7. The van der Waals surface area contributed by atoms with Crippen molar-refractivity contribution in [3.05, 3.63) is 0 Å². The molecular formula is C45H86O6. The summed E-state index contributed by atoms with van der Waals surface area (Å²) in [7, 11) is 0. The van der Waals surface area contributed by atoms with Gasteiger partial charge in [0.05, 0.1) is 0 Å². The zero-order chi connectivity index (χ0) is 37.6. The molecule has 0 heterocycles. The molecule has 0 aliphatic heterocycles. The summed E-state index contributed by atoms with van der Waals surface area (Å²) in [6, 6.07) is 0. The lowest BCUT2D eigenvalue weighted by Crippen LogP contribution is -2.30. The average Bonchev–Trinajstić information content (AvgIpc) is 3.09. The topological polar surface area (TPSA) is 78.9 Å². The molecule has 0 aromatic rings. The molecule has 0 amide bonds. The van der Waals surface area contributed by atoms with Gasteiger partial charge in [-0.15, -0.1) is 0 Å². The molecule has 0 N–H and O–H groups in total. The van der Waals surface area contributed by atoms with Crippen LogP contribution in [0.5, 0.6) is 0 Å². The highest BCUT2D eigenvalue weighted by atomic mass is 16.6. The Balaban J connectivity index is 4.33. The van der Waals surface area contributed by atoms with Crippen molar-refractivity contribution >= 4 is 17.9 Å². The molecule has 0 spiro atoms. The minimum absolute atomic E-state index is 0.0656. The molecule has 6 nitrogen and oxygen atoms in total. The van der Waals surface area contributed by atoms with Gasteiger partial charge in [-0.25, -0.2) is 0 Å². The Bertz CT molecular complexity index is 779. The van der Waals surface area contributed by atoms with Crippen molar-refractivity contribution in [2.75, 3.05) is 13.2 Å². The average molecular weight is 723 g/mol. The quantitative estimate of drug-likeness (QED) is 0.0357. The summed E-state index contributed by atoms with van der Waals surface area (Å²) in [5.74, 6) is 0.737. The molecule has 0 bridgehead atoms. The first-order chi connectivity index (χ1) is 24.7. The van der Waals surface area contributed by atoms with Crippen molar-refractivity contribution in [3.8, 4) is 0 Å². The van der Waals surface area contributed by atoms with Gasteiger partial charge in [0.2, 0.25) is 0 Å². The van der Waals surface area contributed by atoms with Crippen LogP contribution >= 0.6 is 0 Å². The molecule has 0 aromatic heterocycles. The number of rotatable bonds is 39. The van der Waals surface area contributed by atoms with Crippen LogP contribution in [0.15, 0.2) is 0 Å². The third-order valence-electron chi connectivity index (χ3n) is 9.97. The molecule has 0 aliphatic carbocycles. The van der Waals surface area contributed by atoms with E-state index in [4.69, 9.17) is 14.2 Å². The molecule has 0 aliphatic rings. The summed E-state index contributed by atoms with van der Waals surface area (Å²) >= 11 is 0. The second kappa shape index (κ2) is 38.1. The molecule has 51 heavy (non-hydrogen) atoms. The van der Waals surface area contributed by atoms with E-state index in [-0.39, 0.29) is 31.1 Å². The maximum atomic E-state index is 12.7. The molecule has 0 radical (unpaired) electrons. The predicted octanol–water partition coefficient (Wildman–Crippen LogP) is 13.8. The Hall–Kier alpha value is -1.59. The molecule has 0 saturated heterocycles. The minimum atomic E-state index is -0.760. The Labute approximate surface area is 317 Å². The highest BCUT2D eigenvalue weighted by Crippen LogP contribution is 2.16. The van der Waals surface area contributed by atoms with Crippen LogP contribution in [0.4, 0.5) is 0 Å². The lowest BCUT2D eigenvalue weighted by molar-refractivity contribution is -0.167. The first-order valence-electron chi connectivity index (χ1n) is 22.2. The van der Waals surface area contributed by atoms with E-state index in [1.54, 1.807) is 0 Å². The van der Waals surface area contributed by atoms with Gasteiger partial charge in [-0.1, -0.05) is 202 Å². The Morgan fingerprint density at radius 1 is 0.373 bits per heavy atom. The fourth-order valence-electron chi connectivity index (χ4n) is 6.58. The maximum absolute atomic E-state index is 12.7. The summed E-state index contributed by atoms with van der Waals surface area (Å²) in [6.45, 7) is 11.3. The monoisotopic (exact) mass is 723 g/mol. The molecule has 0 aromatic carbocycles. The van der Waals surface area contributed by atoms with E-state index in [1.165, 1.54) is 128 Å². The van der Waals surface area contributed by atoms with E-state index in [2.05, 4.69) is 34.6 Å². The predicted molar refractivity (Wildman–Crippen MR) is 215 cm³/mol. The molecule has 0 fully saturated rings. The third kappa shape index (κ3) is 39.5. The zero-order valence-electron chi connectivity index (χ0n) is 34.7. The summed E-state index contributed by atoms with van der Waals surface area (Å²) in [6.07, 6.45) is 35.2. The third-order valence-corrected chi connectivity index (χ3v) is 9.97. The second-order valence-electron chi connectivity index (χ2n) is 16.3. The number of unbranched alkanes of at least 4 members (excludes halogenated alkanes) is 24. The van der Waals surface area contributed by atoms with Crippen molar-refractivity contribution in [1.82, 2.24) is 0 Å². The number of hydrogen-bond acceptors (Lipinski definition) is 6. The van der Waals surface area contributed by atoms with Crippen LogP contribution in [-0.4, -0.2) is 37.2 Å². The number of carbonyl (C=O) groups is 3. The summed E-state index contributed by atoms with van der Waals surface area (Å²) in [5, 5.41) is 0. The Morgan fingerprint density at radius 3 is 0.961 bits per heavy atom. The van der Waals surface area contributed by atoms with Gasteiger partial charge in [0, 0.05) is 19.3 Å². The van der Waals surface area contributed by atoms with Crippen LogP contribution in [0.3, 0.4) is 0 Å². The van der Waals surface area contributed by atoms with Gasteiger partial charge in [-0.2, -0.15) is 0 Å². The lowest BCUT2D eigenvalue weighted by Gasteiger charge is -2.18. The minimum Gasteiger partial charge on any atom is -0.462 e. The van der Waals surface area contributed by atoms with Crippen LogP contribution in [-0.2, 0) is 28.6 Å². The normalized spacial score (nSPS) is 12.1. The Kier molecular flexibility index (Phi) is 37.0. The molecular weight excluding hydrogens is 636 g/mol. The van der Waals surface area contributed by atoms with Gasteiger partial charge in [-0.3, -0.25) is 14.4 Å². The van der Waals surface area contributed by atoms with E-state index in [0.717, 1.165) is 69.6 Å². The first kappa shape index (κ1) is 49.4. The van der Waals surface area contributed by atoms with Gasteiger partial charge >= 0.3 is 17.9 Å². The fourth-order valence-corrected chi connectivity index (χ4v) is 6.58. The van der Waals surface area contributed by atoms with Crippen molar-refractivity contribution in [2.24, 2.45) is 11.8 Å². The van der Waals surface area contributed by atoms with Crippen LogP contribution in [0, 0.1) is 11.8 Å². The second-order valence-corrected chi connectivity index (χ2v) is 16.3. The largest absolute Gasteiger partial charge is 0.462 e. The maximum Gasteiger partial charge on any atom is 0.306 e. The van der Waals surface area contributed by atoms with Gasteiger partial charge < -0.3 is 14.2 Å². The molecule has 0 rings (SSSR count). The fraction of sp³-hybridized carbons (Fsp3) is 0.933. The zero-order valence-corrected chi connectivity index (χ0v) is 34.7. The smallest absolute Gasteiger partial charge is 0.306 e. The van der Waals surface area contributed by atoms with Crippen LogP contribution in [0.2, 0.25) is 0 Å². The van der Waals surface area contributed by atoms with E-state index in [1.807, 2.05) is 0 Å². The van der Waals surface area contributed by atoms with Crippen molar-refractivity contribution in [2.45, 2.75) is 246 Å². The molecule has 0 saturated carbocycles. The lowest BCUT2D eigenvalue weighted by atomic mass is 10.0. The summed E-state index contributed by atoms with van der Waals surface area (Å²) in [5.41, 5.74) is 0. The van der Waals surface area contributed by atoms with Crippen molar-refractivity contribution in [3.63, 3.8) is 0 Å². The van der Waals surface area contributed by atoms with Crippen LogP contribution in [0.1, 0.15) is 240 Å². The first-order valence-corrected chi connectivity index (χ1v) is 22.2. The number of ether oxygens (including phenoxy) is 3. The molecule has 6 heteroatoms. The SMILES string of the molecule is CCCCCCCCCCCCC(=O)O[C@@H](COC(=O)CCCCCCCCCCCCC(C)C)COC(=O)CCCCCCCCCC(C)C. The van der Waals surface area contributed by atoms with E-state index in [0.29, 0.717) is 19.3 Å². The highest BCUT2D eigenvalue weighted by Gasteiger charge is 2.19. The van der Waals surface area contributed by atoms with Crippen molar-refractivity contribution < 1.29 is 28.6 Å². The number of esters is 3. The van der Waals surface area contributed by atoms with Gasteiger partial charge in [0.25, 0.3) is 0 Å². The molecule has 1 atom stereocenters. The van der Waals surface area contributed by atoms with E-state index < -0.39 is 6.10 Å². The molecule has 302 valence electrons. The Morgan fingerprint density at radius 2 is 0.647 bits per heavy atom. The summed E-state index contributed by atoms with van der Waals surface area (Å²) in [4.78, 5) is 37.6.